The topological polar surface area (TPSA) is 119 Å². The van der Waals surface area contributed by atoms with Crippen molar-refractivity contribution in [3.63, 3.8) is 0 Å². The minimum Gasteiger partial charge on any atom is -0.511 e. The number of phenols is 1. The maximum absolute atomic E-state index is 14.3. The molecule has 9 heteroatoms. The molecule has 2 N–H and O–H groups in total. The fourth-order valence-corrected chi connectivity index (χ4v) is 6.49. The zero-order valence-corrected chi connectivity index (χ0v) is 24.8. The zero-order chi connectivity index (χ0) is 30.7. The van der Waals surface area contributed by atoms with Crippen LogP contribution in [0.2, 0.25) is 0 Å². The van der Waals surface area contributed by atoms with E-state index in [0.717, 1.165) is 11.1 Å². The van der Waals surface area contributed by atoms with Crippen LogP contribution in [0.4, 0.5) is 5.69 Å². The Bertz CT molecular complexity index is 1860. The lowest BCUT2D eigenvalue weighted by molar-refractivity contribution is 0.0870. The van der Waals surface area contributed by atoms with Gasteiger partial charge in [0.2, 0.25) is 0 Å². The smallest absolute Gasteiger partial charge is 0.336 e. The standard InChI is InChI=1S/C34H33NO8/c1-16(2)13-22(21-14-18-8-12-26(37)43-24(18)15-25(21)40-5)27-32(39)28-29(20-9-7-17(3)42-33(20)27)35(4)30-19(31(28)38)10-11-23(36)34(30)41-6/h7-15,17,22,28-29,36,39H,1-6H3. The maximum Gasteiger partial charge on any atom is 0.336 e. The molecular formula is C34H33NO8. The lowest BCUT2D eigenvalue weighted by Gasteiger charge is -2.46. The summed E-state index contributed by atoms with van der Waals surface area (Å²) in [6, 6.07) is 8.92. The number of likely N-dealkylation sites (N-methyl/N-ethyl adjacent to an activating group) is 1. The highest BCUT2D eigenvalue weighted by Gasteiger charge is 2.51. The fraction of sp³-hybridized carbons (Fsp3) is 0.294. The molecule has 9 nitrogen and oxygen atoms in total. The SMILES string of the molecule is COc1cc2oc(=O)ccc2cc1C(C=C(C)C)C1=C(O)C2C(=O)c3ccc(O)c(OC)c3N(C)C2C2=C1OC(C)C=C2. The van der Waals surface area contributed by atoms with Gasteiger partial charge in [0.05, 0.1) is 25.9 Å². The van der Waals surface area contributed by atoms with Gasteiger partial charge in [0.15, 0.2) is 17.3 Å². The second-order valence-corrected chi connectivity index (χ2v) is 11.3. The van der Waals surface area contributed by atoms with E-state index < -0.39 is 23.5 Å². The summed E-state index contributed by atoms with van der Waals surface area (Å²) in [4.78, 5) is 28.0. The number of ether oxygens (including phenoxy) is 3. The molecule has 43 heavy (non-hydrogen) atoms. The Kier molecular flexibility index (Phi) is 6.83. The van der Waals surface area contributed by atoms with Gasteiger partial charge in [0.25, 0.3) is 0 Å². The Balaban J connectivity index is 1.64. The summed E-state index contributed by atoms with van der Waals surface area (Å²) < 4.78 is 23.2. The molecule has 0 saturated carbocycles. The van der Waals surface area contributed by atoms with Crippen molar-refractivity contribution >= 4 is 22.4 Å². The average Bonchev–Trinajstić information content (AvgIpc) is 2.97. The average molecular weight is 584 g/mol. The molecule has 1 aromatic heterocycles. The lowest BCUT2D eigenvalue weighted by Crippen LogP contribution is -2.51. The Morgan fingerprint density at radius 1 is 1.07 bits per heavy atom. The molecule has 4 atom stereocenters. The van der Waals surface area contributed by atoms with Crippen LogP contribution >= 0.6 is 0 Å². The molecule has 0 spiro atoms. The van der Waals surface area contributed by atoms with Gasteiger partial charge in [0.1, 0.15) is 34.9 Å². The molecule has 2 aliphatic heterocycles. The molecule has 0 bridgehead atoms. The highest BCUT2D eigenvalue weighted by atomic mass is 16.5. The first-order chi connectivity index (χ1) is 20.5. The number of fused-ring (bicyclic) bond motifs is 4. The van der Waals surface area contributed by atoms with Gasteiger partial charge in [0, 0.05) is 52.8 Å². The van der Waals surface area contributed by atoms with E-state index in [1.165, 1.54) is 26.4 Å². The van der Waals surface area contributed by atoms with Crippen LogP contribution in [0.1, 0.15) is 42.6 Å². The van der Waals surface area contributed by atoms with E-state index in [4.69, 9.17) is 18.6 Å². The molecule has 2 aromatic carbocycles. The van der Waals surface area contributed by atoms with Gasteiger partial charge < -0.3 is 33.7 Å². The summed E-state index contributed by atoms with van der Waals surface area (Å²) in [5.74, 6) is -0.928. The molecule has 3 heterocycles. The van der Waals surface area contributed by atoms with E-state index in [0.29, 0.717) is 44.9 Å². The predicted molar refractivity (Wildman–Crippen MR) is 162 cm³/mol. The Hall–Kier alpha value is -4.92. The molecule has 1 aliphatic carbocycles. The van der Waals surface area contributed by atoms with E-state index >= 15 is 0 Å². The van der Waals surface area contributed by atoms with Gasteiger partial charge >= 0.3 is 5.63 Å². The van der Waals surface area contributed by atoms with Crippen molar-refractivity contribution in [1.29, 1.82) is 0 Å². The lowest BCUT2D eigenvalue weighted by atomic mass is 9.70. The first-order valence-corrected chi connectivity index (χ1v) is 14.0. The third-order valence-electron chi connectivity index (χ3n) is 8.31. The van der Waals surface area contributed by atoms with Crippen LogP contribution < -0.4 is 20.0 Å². The van der Waals surface area contributed by atoms with E-state index in [9.17, 15) is 19.8 Å². The van der Waals surface area contributed by atoms with Crippen LogP contribution in [-0.2, 0) is 4.74 Å². The largest absolute Gasteiger partial charge is 0.511 e. The monoisotopic (exact) mass is 583 g/mol. The normalized spacial score (nSPS) is 21.6. The molecule has 0 amide bonds. The number of hydrogen-bond donors (Lipinski definition) is 2. The second-order valence-electron chi connectivity index (χ2n) is 11.3. The first kappa shape index (κ1) is 28.2. The zero-order valence-electron chi connectivity index (χ0n) is 24.8. The van der Waals surface area contributed by atoms with Crippen LogP contribution in [-0.4, -0.2) is 49.4 Å². The molecule has 3 aliphatic rings. The molecule has 4 unspecified atom stereocenters. The van der Waals surface area contributed by atoms with Crippen LogP contribution in [0.5, 0.6) is 17.2 Å². The second kappa shape index (κ2) is 10.4. The van der Waals surface area contributed by atoms with Crippen molar-refractivity contribution in [1.82, 2.24) is 0 Å². The van der Waals surface area contributed by atoms with Crippen molar-refractivity contribution in [3.05, 3.63) is 104 Å². The number of rotatable bonds is 5. The molecule has 0 fully saturated rings. The van der Waals surface area contributed by atoms with Crippen molar-refractivity contribution in [2.24, 2.45) is 5.92 Å². The van der Waals surface area contributed by atoms with Gasteiger partial charge in [-0.3, -0.25) is 4.79 Å². The number of aromatic hydroxyl groups is 1. The number of allylic oxidation sites excluding steroid dienone is 3. The molecule has 3 aromatic rings. The van der Waals surface area contributed by atoms with Crippen molar-refractivity contribution in [2.75, 3.05) is 26.2 Å². The number of Topliss-reactive ketones (excluding diaryl/α,β-unsaturated/α-hetero) is 1. The summed E-state index contributed by atoms with van der Waals surface area (Å²) in [6.07, 6.45) is 5.56. The van der Waals surface area contributed by atoms with Crippen LogP contribution in [0.15, 0.2) is 92.1 Å². The Morgan fingerprint density at radius 2 is 1.84 bits per heavy atom. The summed E-state index contributed by atoms with van der Waals surface area (Å²) in [5, 5.41) is 23.4. The quantitative estimate of drug-likeness (QED) is 0.278. The first-order valence-electron chi connectivity index (χ1n) is 14.0. The number of aliphatic hydroxyl groups is 1. The van der Waals surface area contributed by atoms with Gasteiger partial charge in [-0.1, -0.05) is 17.7 Å². The van der Waals surface area contributed by atoms with Crippen LogP contribution in [0.3, 0.4) is 0 Å². The molecule has 222 valence electrons. The maximum atomic E-state index is 14.3. The highest BCUT2D eigenvalue weighted by Crippen LogP contribution is 2.53. The molecular weight excluding hydrogens is 550 g/mol. The van der Waals surface area contributed by atoms with Crippen molar-refractivity contribution in [2.45, 2.75) is 38.8 Å². The number of hydrogen-bond acceptors (Lipinski definition) is 9. The Labute approximate surface area is 248 Å². The third kappa shape index (κ3) is 4.38. The van der Waals surface area contributed by atoms with E-state index in [2.05, 4.69) is 0 Å². The summed E-state index contributed by atoms with van der Waals surface area (Å²) in [5.41, 5.74) is 3.52. The Morgan fingerprint density at radius 3 is 2.53 bits per heavy atom. The predicted octanol–water partition coefficient (Wildman–Crippen LogP) is 5.94. The molecule has 0 saturated heterocycles. The fourth-order valence-electron chi connectivity index (χ4n) is 6.49. The molecule has 0 radical (unpaired) electrons. The number of benzene rings is 2. The van der Waals surface area contributed by atoms with Gasteiger partial charge in [-0.25, -0.2) is 4.79 Å². The number of phenolic OH excluding ortho intramolecular Hbond substituents is 1. The summed E-state index contributed by atoms with van der Waals surface area (Å²) in [7, 11) is 4.79. The van der Waals surface area contributed by atoms with Crippen LogP contribution in [0, 0.1) is 5.92 Å². The number of nitrogens with zero attached hydrogens (tertiary/aromatic N) is 1. The number of carbonyl (C=O) groups excluding carboxylic acids is 1. The number of ketones is 1. The number of carbonyl (C=O) groups is 1. The number of anilines is 1. The summed E-state index contributed by atoms with van der Waals surface area (Å²) >= 11 is 0. The van der Waals surface area contributed by atoms with E-state index in [1.807, 2.05) is 57.0 Å². The van der Waals surface area contributed by atoms with Crippen LogP contribution in [0.25, 0.3) is 11.0 Å². The van der Waals surface area contributed by atoms with Gasteiger partial charge in [-0.05, 0) is 51.1 Å². The van der Waals surface area contributed by atoms with Crippen molar-refractivity contribution < 1.29 is 33.6 Å². The van der Waals surface area contributed by atoms with Crippen molar-refractivity contribution in [3.8, 4) is 17.2 Å². The van der Waals surface area contributed by atoms with E-state index in [-0.39, 0.29) is 29.1 Å². The minimum atomic E-state index is -0.959. The van der Waals surface area contributed by atoms with E-state index in [1.54, 1.807) is 18.2 Å². The number of methoxy groups -OCH3 is 2. The summed E-state index contributed by atoms with van der Waals surface area (Å²) in [6.45, 7) is 5.81. The highest BCUT2D eigenvalue weighted by molar-refractivity contribution is 6.09. The minimum absolute atomic E-state index is 0.0864. The molecule has 6 rings (SSSR count). The third-order valence-corrected chi connectivity index (χ3v) is 8.31. The van der Waals surface area contributed by atoms with Gasteiger partial charge in [-0.2, -0.15) is 0 Å². The van der Waals surface area contributed by atoms with Gasteiger partial charge in [-0.15, -0.1) is 0 Å². The number of aliphatic hydroxyl groups excluding tert-OH is 1.